The average Bonchev–Trinajstić information content (AvgIpc) is 2.76. The molecule has 1 amide bonds. The van der Waals surface area contributed by atoms with Gasteiger partial charge in [-0.15, -0.1) is 0 Å². The lowest BCUT2D eigenvalue weighted by Gasteiger charge is -2.34. The Balaban J connectivity index is 1.52. The van der Waals surface area contributed by atoms with Gasteiger partial charge in [-0.3, -0.25) is 4.79 Å². The number of amides is 1. The van der Waals surface area contributed by atoms with Gasteiger partial charge in [0.25, 0.3) is 0 Å². The van der Waals surface area contributed by atoms with Crippen molar-refractivity contribution in [2.24, 2.45) is 11.8 Å². The van der Waals surface area contributed by atoms with Crippen LogP contribution in [-0.4, -0.2) is 38.3 Å². The van der Waals surface area contributed by atoms with E-state index in [1.165, 1.54) is 6.42 Å². The van der Waals surface area contributed by atoms with E-state index in [1.807, 2.05) is 6.92 Å². The van der Waals surface area contributed by atoms with Gasteiger partial charge in [0.1, 0.15) is 0 Å². The van der Waals surface area contributed by atoms with Crippen molar-refractivity contribution in [3.05, 3.63) is 0 Å². The third-order valence-electron chi connectivity index (χ3n) is 3.82. The van der Waals surface area contributed by atoms with Crippen LogP contribution < -0.4 is 10.6 Å². The molecule has 2 N–H and O–H groups in total. The van der Waals surface area contributed by atoms with Gasteiger partial charge >= 0.3 is 0 Å². The number of carbonyl (C=O) groups is 1. The summed E-state index contributed by atoms with van der Waals surface area (Å²) >= 11 is 0. The number of hydrogen-bond acceptors (Lipinski definition) is 3. The van der Waals surface area contributed by atoms with Crippen molar-refractivity contribution in [3.63, 3.8) is 0 Å². The summed E-state index contributed by atoms with van der Waals surface area (Å²) in [6.07, 6.45) is 4.41. The fourth-order valence-corrected chi connectivity index (χ4v) is 2.69. The molecule has 2 fully saturated rings. The van der Waals surface area contributed by atoms with E-state index in [1.54, 1.807) is 0 Å². The highest BCUT2D eigenvalue weighted by Crippen LogP contribution is 2.32. The summed E-state index contributed by atoms with van der Waals surface area (Å²) in [6, 6.07) is 0. The van der Waals surface area contributed by atoms with Crippen molar-refractivity contribution in [1.29, 1.82) is 0 Å². The zero-order valence-corrected chi connectivity index (χ0v) is 10.7. The van der Waals surface area contributed by atoms with Gasteiger partial charge in [0.05, 0.1) is 6.10 Å². The van der Waals surface area contributed by atoms with Crippen LogP contribution in [0.2, 0.25) is 0 Å². The van der Waals surface area contributed by atoms with Crippen LogP contribution in [0.4, 0.5) is 0 Å². The third kappa shape index (κ3) is 3.96. The predicted octanol–water partition coefficient (Wildman–Crippen LogP) is 0.917. The SMILES string of the molecule is CCOC1CC(CC(=O)NCC2CCNC2)C1. The molecule has 0 aromatic carbocycles. The van der Waals surface area contributed by atoms with Crippen LogP contribution in [0.1, 0.15) is 32.6 Å². The van der Waals surface area contributed by atoms with E-state index in [9.17, 15) is 4.79 Å². The molecule has 98 valence electrons. The molecule has 1 unspecified atom stereocenters. The Morgan fingerprint density at radius 3 is 2.88 bits per heavy atom. The molecule has 1 heterocycles. The molecule has 2 rings (SSSR count). The van der Waals surface area contributed by atoms with Gasteiger partial charge in [-0.1, -0.05) is 0 Å². The Bertz CT molecular complexity index is 246. The van der Waals surface area contributed by atoms with Gasteiger partial charge in [-0.25, -0.2) is 0 Å². The minimum atomic E-state index is 0.219. The Hall–Kier alpha value is -0.610. The molecule has 0 radical (unpaired) electrons. The van der Waals surface area contributed by atoms with Crippen LogP contribution in [0.5, 0.6) is 0 Å². The van der Waals surface area contributed by atoms with Crippen molar-refractivity contribution >= 4 is 5.91 Å². The number of nitrogens with one attached hydrogen (secondary N) is 2. The maximum Gasteiger partial charge on any atom is 0.220 e. The zero-order valence-electron chi connectivity index (χ0n) is 10.7. The second-order valence-electron chi connectivity index (χ2n) is 5.28. The lowest BCUT2D eigenvalue weighted by atomic mass is 9.80. The number of rotatable bonds is 6. The van der Waals surface area contributed by atoms with E-state index in [-0.39, 0.29) is 5.91 Å². The molecule has 0 aromatic rings. The second kappa shape index (κ2) is 6.36. The van der Waals surface area contributed by atoms with Crippen molar-refractivity contribution in [2.45, 2.75) is 38.7 Å². The summed E-state index contributed by atoms with van der Waals surface area (Å²) in [5, 5.41) is 6.36. The van der Waals surface area contributed by atoms with E-state index < -0.39 is 0 Å². The smallest absolute Gasteiger partial charge is 0.220 e. The normalized spacial score (nSPS) is 32.2. The highest BCUT2D eigenvalue weighted by Gasteiger charge is 2.31. The molecule has 1 aliphatic carbocycles. The molecule has 0 bridgehead atoms. The van der Waals surface area contributed by atoms with Gasteiger partial charge < -0.3 is 15.4 Å². The molecule has 2 aliphatic rings. The van der Waals surface area contributed by atoms with E-state index in [4.69, 9.17) is 4.74 Å². The maximum absolute atomic E-state index is 11.7. The fourth-order valence-electron chi connectivity index (χ4n) is 2.69. The minimum absolute atomic E-state index is 0.219. The summed E-state index contributed by atoms with van der Waals surface area (Å²) in [6.45, 7) is 5.80. The molecular weight excluding hydrogens is 216 g/mol. The van der Waals surface area contributed by atoms with Crippen molar-refractivity contribution in [3.8, 4) is 0 Å². The molecule has 4 nitrogen and oxygen atoms in total. The Labute approximate surface area is 103 Å². The van der Waals surface area contributed by atoms with Gasteiger partial charge in [0.2, 0.25) is 5.91 Å². The minimum Gasteiger partial charge on any atom is -0.378 e. The largest absolute Gasteiger partial charge is 0.378 e. The van der Waals surface area contributed by atoms with E-state index in [0.29, 0.717) is 24.4 Å². The number of hydrogen-bond donors (Lipinski definition) is 2. The van der Waals surface area contributed by atoms with Crippen molar-refractivity contribution < 1.29 is 9.53 Å². The van der Waals surface area contributed by atoms with Gasteiger partial charge in [0.15, 0.2) is 0 Å². The Kier molecular flexibility index (Phi) is 4.80. The van der Waals surface area contributed by atoms with E-state index >= 15 is 0 Å². The summed E-state index contributed by atoms with van der Waals surface area (Å²) in [7, 11) is 0. The van der Waals surface area contributed by atoms with Gasteiger partial charge in [-0.2, -0.15) is 0 Å². The van der Waals surface area contributed by atoms with Crippen LogP contribution in [0.3, 0.4) is 0 Å². The first-order chi connectivity index (χ1) is 8.28. The summed E-state index contributed by atoms with van der Waals surface area (Å²) in [5.41, 5.74) is 0. The number of ether oxygens (including phenoxy) is 1. The van der Waals surface area contributed by atoms with Gasteiger partial charge in [-0.05, 0) is 51.1 Å². The lowest BCUT2D eigenvalue weighted by Crippen LogP contribution is -2.37. The van der Waals surface area contributed by atoms with Crippen molar-refractivity contribution in [1.82, 2.24) is 10.6 Å². The first-order valence-corrected chi connectivity index (χ1v) is 6.87. The average molecular weight is 240 g/mol. The van der Waals surface area contributed by atoms with Crippen molar-refractivity contribution in [2.75, 3.05) is 26.2 Å². The highest BCUT2D eigenvalue weighted by molar-refractivity contribution is 5.76. The molecule has 0 aromatic heterocycles. The van der Waals surface area contributed by atoms with Crippen LogP contribution in [0.15, 0.2) is 0 Å². The van der Waals surface area contributed by atoms with Crippen LogP contribution in [0.25, 0.3) is 0 Å². The highest BCUT2D eigenvalue weighted by atomic mass is 16.5. The summed E-state index contributed by atoms with van der Waals surface area (Å²) in [4.78, 5) is 11.7. The topological polar surface area (TPSA) is 50.4 Å². The Morgan fingerprint density at radius 1 is 1.41 bits per heavy atom. The maximum atomic E-state index is 11.7. The summed E-state index contributed by atoms with van der Waals surface area (Å²) < 4.78 is 5.49. The summed E-state index contributed by atoms with van der Waals surface area (Å²) in [5.74, 6) is 1.40. The van der Waals surface area contributed by atoms with E-state index in [2.05, 4.69) is 10.6 Å². The monoisotopic (exact) mass is 240 g/mol. The first kappa shape index (κ1) is 12.8. The number of carbonyl (C=O) groups excluding carboxylic acids is 1. The molecule has 0 spiro atoms. The van der Waals surface area contributed by atoms with Crippen LogP contribution in [0, 0.1) is 11.8 Å². The molecule has 17 heavy (non-hydrogen) atoms. The quantitative estimate of drug-likeness (QED) is 0.726. The predicted molar refractivity (Wildman–Crippen MR) is 66.7 cm³/mol. The van der Waals surface area contributed by atoms with E-state index in [0.717, 1.165) is 39.1 Å². The third-order valence-corrected chi connectivity index (χ3v) is 3.82. The molecule has 1 aliphatic heterocycles. The molecule has 1 saturated heterocycles. The molecule has 1 atom stereocenters. The second-order valence-corrected chi connectivity index (χ2v) is 5.28. The first-order valence-electron chi connectivity index (χ1n) is 6.87. The fraction of sp³-hybridized carbons (Fsp3) is 0.923. The molecular formula is C13H24N2O2. The standard InChI is InChI=1S/C13H24N2O2/c1-2-17-12-5-11(6-12)7-13(16)15-9-10-3-4-14-8-10/h10-12,14H,2-9H2,1H3,(H,15,16). The van der Waals surface area contributed by atoms with Gasteiger partial charge in [0, 0.05) is 19.6 Å². The van der Waals surface area contributed by atoms with Crippen LogP contribution >= 0.6 is 0 Å². The van der Waals surface area contributed by atoms with Crippen LogP contribution in [-0.2, 0) is 9.53 Å². The zero-order chi connectivity index (χ0) is 12.1. The Morgan fingerprint density at radius 2 is 2.24 bits per heavy atom. The lowest BCUT2D eigenvalue weighted by molar-refractivity contribution is -0.124. The molecule has 1 saturated carbocycles. The molecule has 4 heteroatoms.